The van der Waals surface area contributed by atoms with Crippen LogP contribution in [0.1, 0.15) is 12.0 Å². The summed E-state index contributed by atoms with van der Waals surface area (Å²) >= 11 is 0. The highest BCUT2D eigenvalue weighted by atomic mass is 19.4. The molecule has 0 saturated heterocycles. The molecule has 0 aliphatic heterocycles. The molecule has 0 aliphatic rings. The monoisotopic (exact) mass is 296 g/mol. The van der Waals surface area contributed by atoms with Gasteiger partial charge in [-0.2, -0.15) is 18.3 Å². The molecule has 1 aromatic rings. The smallest absolute Gasteiger partial charge is 0.425 e. The van der Waals surface area contributed by atoms with Gasteiger partial charge in [-0.15, -0.1) is 0 Å². The third-order valence-corrected chi connectivity index (χ3v) is 2.05. The fourth-order valence-electron chi connectivity index (χ4n) is 1.23. The first kappa shape index (κ1) is 16.0. The van der Waals surface area contributed by atoms with E-state index in [-0.39, 0.29) is 26.2 Å². The van der Waals surface area contributed by atoms with Gasteiger partial charge in [0.25, 0.3) is 5.56 Å². The average Bonchev–Trinajstić information content (AvgIpc) is 2.31. The number of rotatable bonds is 7. The molecular formula is C10H11F3N2O5. The van der Waals surface area contributed by atoms with Gasteiger partial charge in [-0.1, -0.05) is 0 Å². The molecule has 0 amide bonds. The first-order valence-electron chi connectivity index (χ1n) is 5.39. The summed E-state index contributed by atoms with van der Waals surface area (Å²) in [7, 11) is 0. The second-order valence-electron chi connectivity index (χ2n) is 3.54. The van der Waals surface area contributed by atoms with Crippen LogP contribution in [0.5, 0.6) is 5.75 Å². The Balaban J connectivity index is 2.55. The Morgan fingerprint density at radius 1 is 1.35 bits per heavy atom. The number of aromatic nitrogens is 2. The van der Waals surface area contributed by atoms with Gasteiger partial charge in [-0.25, -0.2) is 5.10 Å². The zero-order valence-corrected chi connectivity index (χ0v) is 10.1. The number of carbonyl (C=O) groups is 1. The van der Waals surface area contributed by atoms with Crippen LogP contribution < -0.4 is 10.3 Å². The molecule has 0 saturated carbocycles. The highest BCUT2D eigenvalue weighted by Crippen LogP contribution is 2.32. The van der Waals surface area contributed by atoms with Crippen molar-refractivity contribution in [2.24, 2.45) is 0 Å². The largest absolute Gasteiger partial charge is 0.489 e. The molecule has 10 heteroatoms. The third kappa shape index (κ3) is 4.88. The first-order chi connectivity index (χ1) is 9.32. The summed E-state index contributed by atoms with van der Waals surface area (Å²) in [6, 6.07) is 0. The summed E-state index contributed by atoms with van der Waals surface area (Å²) in [6.45, 7) is -0.469. The van der Waals surface area contributed by atoms with Gasteiger partial charge in [0.2, 0.25) is 0 Å². The van der Waals surface area contributed by atoms with E-state index >= 15 is 0 Å². The van der Waals surface area contributed by atoms with E-state index in [0.29, 0.717) is 0 Å². The fourth-order valence-corrected chi connectivity index (χ4v) is 1.23. The van der Waals surface area contributed by atoms with Crippen LogP contribution in [0.15, 0.2) is 11.0 Å². The van der Waals surface area contributed by atoms with Gasteiger partial charge < -0.3 is 14.6 Å². The molecular weight excluding hydrogens is 285 g/mol. The van der Waals surface area contributed by atoms with Gasteiger partial charge in [0.15, 0.2) is 11.3 Å². The molecule has 20 heavy (non-hydrogen) atoms. The number of halogens is 3. The van der Waals surface area contributed by atoms with Crippen LogP contribution >= 0.6 is 0 Å². The van der Waals surface area contributed by atoms with Crippen molar-refractivity contribution in [2.75, 3.05) is 19.8 Å². The Bertz CT molecular complexity index is 514. The van der Waals surface area contributed by atoms with Gasteiger partial charge in [0.05, 0.1) is 25.8 Å². The molecule has 0 aromatic carbocycles. The van der Waals surface area contributed by atoms with E-state index in [1.165, 1.54) is 0 Å². The summed E-state index contributed by atoms with van der Waals surface area (Å²) in [5.41, 5.74) is -2.88. The van der Waals surface area contributed by atoms with Gasteiger partial charge in [0, 0.05) is 0 Å². The molecule has 1 rings (SSSR count). The van der Waals surface area contributed by atoms with Crippen molar-refractivity contribution in [3.63, 3.8) is 0 Å². The molecule has 0 unspecified atom stereocenters. The highest BCUT2D eigenvalue weighted by molar-refractivity contribution is 5.66. The average molecular weight is 296 g/mol. The number of aromatic amines is 1. The quantitative estimate of drug-likeness (QED) is 0.717. The number of hydrogen-bond acceptors (Lipinski definition) is 5. The van der Waals surface area contributed by atoms with Crippen molar-refractivity contribution < 1.29 is 32.5 Å². The van der Waals surface area contributed by atoms with Crippen molar-refractivity contribution in [1.82, 2.24) is 10.2 Å². The van der Waals surface area contributed by atoms with Crippen molar-refractivity contribution in [1.29, 1.82) is 0 Å². The van der Waals surface area contributed by atoms with E-state index in [0.717, 1.165) is 6.20 Å². The normalized spacial score (nSPS) is 11.3. The lowest BCUT2D eigenvalue weighted by molar-refractivity contribution is -0.141. The lowest BCUT2D eigenvalue weighted by Crippen LogP contribution is -2.24. The maximum absolute atomic E-state index is 12.6. The predicted octanol–water partition coefficient (Wildman–Crippen LogP) is 0.659. The van der Waals surface area contributed by atoms with Crippen LogP contribution in [0.25, 0.3) is 0 Å². The predicted molar refractivity (Wildman–Crippen MR) is 58.4 cm³/mol. The van der Waals surface area contributed by atoms with E-state index in [1.807, 2.05) is 0 Å². The fraction of sp³-hybridized carbons (Fsp3) is 0.500. The molecule has 0 bridgehead atoms. The minimum absolute atomic E-state index is 0.0849. The van der Waals surface area contributed by atoms with Crippen molar-refractivity contribution in [3.8, 4) is 5.75 Å². The minimum atomic E-state index is -4.87. The van der Waals surface area contributed by atoms with Gasteiger partial charge in [-0.05, 0) is 0 Å². The zero-order chi connectivity index (χ0) is 15.2. The molecule has 2 N–H and O–H groups in total. The second kappa shape index (κ2) is 6.89. The number of nitrogens with one attached hydrogen (secondary N) is 1. The summed E-state index contributed by atoms with van der Waals surface area (Å²) in [6.07, 6.45) is -4.35. The molecule has 7 nitrogen and oxygen atoms in total. The van der Waals surface area contributed by atoms with Crippen LogP contribution in [0, 0.1) is 0 Å². The van der Waals surface area contributed by atoms with Crippen molar-refractivity contribution >= 4 is 5.97 Å². The summed E-state index contributed by atoms with van der Waals surface area (Å²) in [5.74, 6) is -1.76. The molecule has 0 fully saturated rings. The third-order valence-electron chi connectivity index (χ3n) is 2.05. The molecule has 112 valence electrons. The van der Waals surface area contributed by atoms with Crippen LogP contribution in [-0.2, 0) is 15.7 Å². The summed E-state index contributed by atoms with van der Waals surface area (Å²) < 4.78 is 47.4. The minimum Gasteiger partial charge on any atom is -0.489 e. The topological polar surface area (TPSA) is 102 Å². The van der Waals surface area contributed by atoms with Crippen molar-refractivity contribution in [3.05, 3.63) is 22.1 Å². The lowest BCUT2D eigenvalue weighted by atomic mass is 10.3. The number of aliphatic carboxylic acids is 1. The number of carboxylic acid groups (broad SMARTS) is 1. The Labute approximate surface area is 110 Å². The molecule has 0 spiro atoms. The number of ether oxygens (including phenoxy) is 2. The SMILES string of the molecule is O=C(O)CCOCCOc1cn[nH]c(=O)c1C(F)(F)F. The van der Waals surface area contributed by atoms with E-state index in [1.54, 1.807) is 5.10 Å². The number of carboxylic acids is 1. The Morgan fingerprint density at radius 3 is 2.65 bits per heavy atom. The highest BCUT2D eigenvalue weighted by Gasteiger charge is 2.38. The van der Waals surface area contributed by atoms with E-state index in [4.69, 9.17) is 14.6 Å². The molecule has 0 aliphatic carbocycles. The number of H-pyrrole nitrogens is 1. The molecule has 1 heterocycles. The summed E-state index contributed by atoms with van der Waals surface area (Å²) in [4.78, 5) is 21.2. The van der Waals surface area contributed by atoms with Crippen LogP contribution in [0.3, 0.4) is 0 Å². The Kier molecular flexibility index (Phi) is 5.50. The number of nitrogens with zero attached hydrogens (tertiary/aromatic N) is 1. The summed E-state index contributed by atoms with van der Waals surface area (Å²) in [5, 5.41) is 13.2. The number of alkyl halides is 3. The van der Waals surface area contributed by atoms with Gasteiger partial charge in [-0.3, -0.25) is 9.59 Å². The Hall–Kier alpha value is -2.10. The zero-order valence-electron chi connectivity index (χ0n) is 10.1. The van der Waals surface area contributed by atoms with E-state index < -0.39 is 29.0 Å². The first-order valence-corrected chi connectivity index (χ1v) is 5.39. The van der Waals surface area contributed by atoms with Crippen molar-refractivity contribution in [2.45, 2.75) is 12.6 Å². The van der Waals surface area contributed by atoms with E-state index in [9.17, 15) is 22.8 Å². The van der Waals surface area contributed by atoms with Crippen LogP contribution in [0.4, 0.5) is 13.2 Å². The number of hydrogen-bond donors (Lipinski definition) is 2. The van der Waals surface area contributed by atoms with Crippen LogP contribution in [0.2, 0.25) is 0 Å². The second-order valence-corrected chi connectivity index (χ2v) is 3.54. The maximum Gasteiger partial charge on any atom is 0.425 e. The lowest BCUT2D eigenvalue weighted by Gasteiger charge is -2.12. The molecule has 0 atom stereocenters. The molecule has 1 aromatic heterocycles. The van der Waals surface area contributed by atoms with E-state index in [2.05, 4.69) is 5.10 Å². The Morgan fingerprint density at radius 2 is 2.05 bits per heavy atom. The van der Waals surface area contributed by atoms with Gasteiger partial charge in [0.1, 0.15) is 6.61 Å². The maximum atomic E-state index is 12.6. The van der Waals surface area contributed by atoms with Crippen LogP contribution in [-0.4, -0.2) is 41.1 Å². The van der Waals surface area contributed by atoms with Gasteiger partial charge >= 0.3 is 12.1 Å². The standard InChI is InChI=1S/C10H11F3N2O5/c11-10(12,13)8-6(5-14-15-9(8)18)20-4-3-19-2-1-7(16)17/h5H,1-4H2,(H,15,18)(H,16,17). The molecule has 0 radical (unpaired) electrons.